The lowest BCUT2D eigenvalue weighted by Crippen LogP contribution is -2.55. The molecule has 20 heavy (non-hydrogen) atoms. The second kappa shape index (κ2) is 5.99. The van der Waals surface area contributed by atoms with Crippen molar-refractivity contribution in [3.05, 3.63) is 0 Å². The maximum Gasteiger partial charge on any atom is 0.408 e. The SMILES string of the molecule is CC(C)(C)OC(=O)NC(C(=O)O)[C@@H]1CCCC[C@@]1(C)O. The maximum absolute atomic E-state index is 11.7. The fourth-order valence-electron chi connectivity index (χ4n) is 2.64. The minimum Gasteiger partial charge on any atom is -0.480 e. The van der Waals surface area contributed by atoms with Crippen molar-refractivity contribution >= 4 is 12.1 Å². The first kappa shape index (κ1) is 16.8. The number of alkyl carbamates (subject to hydrolysis) is 1. The van der Waals surface area contributed by atoms with Gasteiger partial charge in [0.05, 0.1) is 5.60 Å². The number of nitrogens with one attached hydrogen (secondary N) is 1. The molecule has 1 fully saturated rings. The van der Waals surface area contributed by atoms with Crippen LogP contribution in [0, 0.1) is 5.92 Å². The maximum atomic E-state index is 11.7. The number of carbonyl (C=O) groups excluding carboxylic acids is 1. The van der Waals surface area contributed by atoms with Gasteiger partial charge in [0.2, 0.25) is 0 Å². The summed E-state index contributed by atoms with van der Waals surface area (Å²) >= 11 is 0. The Balaban J connectivity index is 2.79. The Morgan fingerprint density at radius 2 is 1.95 bits per heavy atom. The predicted molar refractivity (Wildman–Crippen MR) is 73.4 cm³/mol. The molecule has 6 heteroatoms. The molecule has 0 aromatic heterocycles. The summed E-state index contributed by atoms with van der Waals surface area (Å²) in [6, 6.07) is -1.14. The van der Waals surface area contributed by atoms with Crippen molar-refractivity contribution in [3.63, 3.8) is 0 Å². The van der Waals surface area contributed by atoms with Crippen LogP contribution in [0.4, 0.5) is 4.79 Å². The van der Waals surface area contributed by atoms with E-state index >= 15 is 0 Å². The van der Waals surface area contributed by atoms with Crippen LogP contribution in [0.3, 0.4) is 0 Å². The van der Waals surface area contributed by atoms with Crippen molar-refractivity contribution in [2.75, 3.05) is 0 Å². The van der Waals surface area contributed by atoms with Crippen molar-refractivity contribution in [2.45, 2.75) is 70.6 Å². The van der Waals surface area contributed by atoms with Gasteiger partial charge in [-0.2, -0.15) is 0 Å². The van der Waals surface area contributed by atoms with E-state index in [0.717, 1.165) is 12.8 Å². The Labute approximate surface area is 119 Å². The van der Waals surface area contributed by atoms with E-state index in [0.29, 0.717) is 12.8 Å². The zero-order chi connectivity index (χ0) is 15.6. The fraction of sp³-hybridized carbons (Fsp3) is 0.857. The van der Waals surface area contributed by atoms with E-state index in [1.807, 2.05) is 0 Å². The first-order valence-corrected chi connectivity index (χ1v) is 6.97. The molecule has 1 rings (SSSR count). The lowest BCUT2D eigenvalue weighted by molar-refractivity contribution is -0.146. The van der Waals surface area contributed by atoms with E-state index < -0.39 is 35.2 Å². The molecule has 0 aliphatic heterocycles. The molecule has 116 valence electrons. The normalized spacial score (nSPS) is 28.6. The molecule has 1 aliphatic carbocycles. The number of rotatable bonds is 3. The highest BCUT2D eigenvalue weighted by molar-refractivity contribution is 5.80. The summed E-state index contributed by atoms with van der Waals surface area (Å²) in [4.78, 5) is 23.2. The molecule has 3 N–H and O–H groups in total. The molecule has 1 aliphatic rings. The highest BCUT2D eigenvalue weighted by atomic mass is 16.6. The van der Waals surface area contributed by atoms with Gasteiger partial charge in [-0.25, -0.2) is 9.59 Å². The summed E-state index contributed by atoms with van der Waals surface area (Å²) in [6.07, 6.45) is 2.05. The molecule has 0 saturated heterocycles. The van der Waals surface area contributed by atoms with Crippen LogP contribution in [0.1, 0.15) is 53.4 Å². The molecule has 0 spiro atoms. The van der Waals surface area contributed by atoms with Gasteiger partial charge < -0.3 is 20.3 Å². The van der Waals surface area contributed by atoms with Gasteiger partial charge in [-0.15, -0.1) is 0 Å². The van der Waals surface area contributed by atoms with Crippen LogP contribution in [0.5, 0.6) is 0 Å². The van der Waals surface area contributed by atoms with Crippen LogP contribution in [-0.4, -0.2) is 39.5 Å². The third-order valence-electron chi connectivity index (χ3n) is 3.59. The highest BCUT2D eigenvalue weighted by Gasteiger charge is 2.43. The lowest BCUT2D eigenvalue weighted by Gasteiger charge is -2.40. The van der Waals surface area contributed by atoms with Crippen molar-refractivity contribution in [1.29, 1.82) is 0 Å². The Hall–Kier alpha value is -1.30. The zero-order valence-electron chi connectivity index (χ0n) is 12.6. The summed E-state index contributed by atoms with van der Waals surface area (Å²) in [5.74, 6) is -1.66. The molecular weight excluding hydrogens is 262 g/mol. The number of aliphatic hydroxyl groups is 1. The van der Waals surface area contributed by atoms with Gasteiger partial charge in [-0.3, -0.25) is 0 Å². The Morgan fingerprint density at radius 1 is 1.35 bits per heavy atom. The molecular formula is C14H25NO5. The van der Waals surface area contributed by atoms with Crippen molar-refractivity contribution in [1.82, 2.24) is 5.32 Å². The third kappa shape index (κ3) is 4.67. The molecule has 1 saturated carbocycles. The summed E-state index contributed by atoms with van der Waals surface area (Å²) in [6.45, 7) is 6.75. The number of aliphatic carboxylic acids is 1. The van der Waals surface area contributed by atoms with Gasteiger partial charge in [0.25, 0.3) is 0 Å². The molecule has 6 nitrogen and oxygen atoms in total. The van der Waals surface area contributed by atoms with E-state index in [1.54, 1.807) is 27.7 Å². The van der Waals surface area contributed by atoms with Crippen LogP contribution < -0.4 is 5.32 Å². The fourth-order valence-corrected chi connectivity index (χ4v) is 2.64. The molecule has 0 radical (unpaired) electrons. The zero-order valence-corrected chi connectivity index (χ0v) is 12.6. The number of amides is 1. The number of hydrogen-bond acceptors (Lipinski definition) is 4. The van der Waals surface area contributed by atoms with Gasteiger partial charge in [0.1, 0.15) is 11.6 Å². The van der Waals surface area contributed by atoms with Crippen LogP contribution in [-0.2, 0) is 9.53 Å². The van der Waals surface area contributed by atoms with E-state index in [9.17, 15) is 19.8 Å². The van der Waals surface area contributed by atoms with Gasteiger partial charge in [-0.05, 0) is 40.5 Å². The third-order valence-corrected chi connectivity index (χ3v) is 3.59. The van der Waals surface area contributed by atoms with Gasteiger partial charge >= 0.3 is 12.1 Å². The summed E-state index contributed by atoms with van der Waals surface area (Å²) in [5, 5.41) is 22.0. The second-order valence-electron chi connectivity index (χ2n) is 6.67. The standard InChI is InChI=1S/C14H25NO5/c1-13(2,3)20-12(18)15-10(11(16)17)9-7-5-6-8-14(9,4)19/h9-10,19H,5-8H2,1-4H3,(H,15,18)(H,16,17)/t9-,10?,14+/m0/s1. The number of carboxylic acid groups (broad SMARTS) is 1. The number of ether oxygens (including phenoxy) is 1. The molecule has 0 aromatic carbocycles. The van der Waals surface area contributed by atoms with Crippen LogP contribution in [0.25, 0.3) is 0 Å². The molecule has 1 unspecified atom stereocenters. The van der Waals surface area contributed by atoms with Crippen molar-refractivity contribution in [3.8, 4) is 0 Å². The Bertz CT molecular complexity index is 372. The largest absolute Gasteiger partial charge is 0.480 e. The number of carboxylic acids is 1. The smallest absolute Gasteiger partial charge is 0.408 e. The average Bonchev–Trinajstić information content (AvgIpc) is 2.23. The van der Waals surface area contributed by atoms with Crippen LogP contribution in [0.2, 0.25) is 0 Å². The molecule has 3 atom stereocenters. The second-order valence-corrected chi connectivity index (χ2v) is 6.67. The highest BCUT2D eigenvalue weighted by Crippen LogP contribution is 2.35. The van der Waals surface area contributed by atoms with E-state index in [2.05, 4.69) is 5.32 Å². The van der Waals surface area contributed by atoms with Gasteiger partial charge in [0, 0.05) is 5.92 Å². The van der Waals surface area contributed by atoms with Crippen LogP contribution >= 0.6 is 0 Å². The molecule has 0 heterocycles. The lowest BCUT2D eigenvalue weighted by atomic mass is 9.73. The van der Waals surface area contributed by atoms with E-state index in [-0.39, 0.29) is 0 Å². The average molecular weight is 287 g/mol. The van der Waals surface area contributed by atoms with Gasteiger partial charge in [-0.1, -0.05) is 12.8 Å². The first-order valence-electron chi connectivity index (χ1n) is 6.97. The van der Waals surface area contributed by atoms with Crippen molar-refractivity contribution < 1.29 is 24.5 Å². The monoisotopic (exact) mass is 287 g/mol. The minimum absolute atomic E-state index is 0.513. The Kier molecular flexibility index (Phi) is 5.02. The van der Waals surface area contributed by atoms with E-state index in [1.165, 1.54) is 0 Å². The summed E-state index contributed by atoms with van der Waals surface area (Å²) in [5.41, 5.74) is -1.78. The van der Waals surface area contributed by atoms with Crippen LogP contribution in [0.15, 0.2) is 0 Å². The first-order chi connectivity index (χ1) is 9.03. The number of hydrogen-bond donors (Lipinski definition) is 3. The molecule has 1 amide bonds. The molecule has 0 bridgehead atoms. The van der Waals surface area contributed by atoms with Gasteiger partial charge in [0.15, 0.2) is 0 Å². The minimum atomic E-state index is -1.15. The van der Waals surface area contributed by atoms with E-state index in [4.69, 9.17) is 4.74 Å². The number of carbonyl (C=O) groups is 2. The summed E-state index contributed by atoms with van der Waals surface area (Å²) in [7, 11) is 0. The topological polar surface area (TPSA) is 95.9 Å². The summed E-state index contributed by atoms with van der Waals surface area (Å²) < 4.78 is 5.08. The predicted octanol–water partition coefficient (Wildman–Crippen LogP) is 1.91. The Morgan fingerprint density at radius 3 is 2.40 bits per heavy atom. The van der Waals surface area contributed by atoms with Crippen molar-refractivity contribution in [2.24, 2.45) is 5.92 Å². The molecule has 0 aromatic rings. The quantitative estimate of drug-likeness (QED) is 0.737.